The zero-order chi connectivity index (χ0) is 34.2. The third-order valence-corrected chi connectivity index (χ3v) is 8.55. The molecule has 0 unspecified atom stereocenters. The second-order valence-electron chi connectivity index (χ2n) is 11.9. The molecule has 0 spiro atoms. The largest absolute Gasteiger partial charge is 0.492 e. The smallest absolute Gasteiger partial charge is 0.248 e. The minimum atomic E-state index is -0.277. The van der Waals surface area contributed by atoms with Crippen LogP contribution in [0, 0.1) is 11.3 Å². The van der Waals surface area contributed by atoms with E-state index in [4.69, 9.17) is 14.8 Å². The second-order valence-corrected chi connectivity index (χ2v) is 11.9. The fourth-order valence-corrected chi connectivity index (χ4v) is 6.08. The van der Waals surface area contributed by atoms with E-state index in [0.717, 1.165) is 48.5 Å². The van der Waals surface area contributed by atoms with Gasteiger partial charge in [0.05, 0.1) is 59.1 Å². The van der Waals surface area contributed by atoms with Crippen molar-refractivity contribution in [2.75, 3.05) is 63.1 Å². The van der Waals surface area contributed by atoms with Gasteiger partial charge in [-0.2, -0.15) is 10.4 Å². The Morgan fingerprint density at radius 3 is 2.65 bits per heavy atom. The van der Waals surface area contributed by atoms with Gasteiger partial charge in [0.25, 0.3) is 0 Å². The van der Waals surface area contributed by atoms with Crippen molar-refractivity contribution in [3.63, 3.8) is 0 Å². The molecule has 6 rings (SSSR count). The second kappa shape index (κ2) is 15.7. The van der Waals surface area contributed by atoms with Crippen LogP contribution in [0.2, 0.25) is 0 Å². The van der Waals surface area contributed by atoms with Crippen LogP contribution in [0.3, 0.4) is 0 Å². The van der Waals surface area contributed by atoms with Gasteiger partial charge in [0.1, 0.15) is 11.8 Å². The first-order valence-electron chi connectivity index (χ1n) is 16.7. The van der Waals surface area contributed by atoms with Gasteiger partial charge in [0.15, 0.2) is 0 Å². The molecule has 0 aliphatic carbocycles. The number of nitrogens with zero attached hydrogens (tertiary/aromatic N) is 7. The van der Waals surface area contributed by atoms with Gasteiger partial charge in [0, 0.05) is 80.3 Å². The van der Waals surface area contributed by atoms with Crippen LogP contribution in [0.5, 0.6) is 5.75 Å². The molecule has 12 nitrogen and oxygen atoms in total. The maximum absolute atomic E-state index is 13.1. The highest BCUT2D eigenvalue weighted by Crippen LogP contribution is 2.38. The van der Waals surface area contributed by atoms with Gasteiger partial charge in [-0.3, -0.25) is 29.2 Å². The van der Waals surface area contributed by atoms with Crippen LogP contribution in [-0.4, -0.2) is 93.0 Å². The molecule has 3 N–H and O–H groups in total. The van der Waals surface area contributed by atoms with Crippen molar-refractivity contribution in [2.45, 2.75) is 26.8 Å². The van der Waals surface area contributed by atoms with Crippen LogP contribution >= 0.6 is 0 Å². The van der Waals surface area contributed by atoms with Crippen LogP contribution in [-0.2, 0) is 17.8 Å². The van der Waals surface area contributed by atoms with Crippen molar-refractivity contribution in [3.05, 3.63) is 90.0 Å². The van der Waals surface area contributed by atoms with Gasteiger partial charge < -0.3 is 20.5 Å². The number of β-amino-alcohol motifs (C(OH)–C–C–N with tert-alkyl or cyclic N) is 1. The lowest BCUT2D eigenvalue weighted by atomic mass is 10.0. The van der Waals surface area contributed by atoms with Crippen molar-refractivity contribution in [3.8, 4) is 11.8 Å². The molecule has 49 heavy (non-hydrogen) atoms. The van der Waals surface area contributed by atoms with E-state index in [1.165, 1.54) is 0 Å². The maximum Gasteiger partial charge on any atom is 0.248 e. The summed E-state index contributed by atoms with van der Waals surface area (Å²) in [5, 5.41) is 32.3. The number of hydrogen-bond acceptors (Lipinski definition) is 10. The summed E-state index contributed by atoms with van der Waals surface area (Å²) in [6.45, 7) is 9.90. The van der Waals surface area contributed by atoms with Crippen LogP contribution in [0.4, 0.5) is 17.1 Å². The number of ether oxygens (including phenoxy) is 1. The summed E-state index contributed by atoms with van der Waals surface area (Å²) in [7, 11) is 0. The first-order valence-corrected chi connectivity index (χ1v) is 16.7. The number of amides is 1. The molecule has 3 aromatic heterocycles. The molecule has 1 aliphatic rings. The molecule has 4 heterocycles. The van der Waals surface area contributed by atoms with Gasteiger partial charge in [-0.1, -0.05) is 19.1 Å². The van der Waals surface area contributed by atoms with E-state index < -0.39 is 0 Å². The van der Waals surface area contributed by atoms with Crippen molar-refractivity contribution in [1.82, 2.24) is 29.5 Å². The summed E-state index contributed by atoms with van der Waals surface area (Å²) in [5.41, 5.74) is 5.42. The molecule has 252 valence electrons. The fraction of sp³-hybridized carbons (Fsp3) is 0.324. The van der Waals surface area contributed by atoms with Gasteiger partial charge >= 0.3 is 0 Å². The quantitative estimate of drug-likeness (QED) is 0.152. The first kappa shape index (κ1) is 33.5. The number of hydrogen-bond donors (Lipinski definition) is 3. The average Bonchev–Trinajstić information content (AvgIpc) is 3.51. The third-order valence-electron chi connectivity index (χ3n) is 8.55. The lowest BCUT2D eigenvalue weighted by Gasteiger charge is -2.33. The number of aliphatic hydroxyl groups excluding tert-OH is 1. The first-order chi connectivity index (χ1) is 24.0. The Morgan fingerprint density at radius 2 is 1.92 bits per heavy atom. The number of carbonyl (C=O) groups excluding carboxylic acids is 1. The number of pyridine rings is 2. The Morgan fingerprint density at radius 1 is 1.08 bits per heavy atom. The molecule has 5 aromatic rings. The van der Waals surface area contributed by atoms with E-state index in [0.29, 0.717) is 71.9 Å². The number of carbonyl (C=O) groups is 1. The van der Waals surface area contributed by atoms with Crippen LogP contribution in [0.1, 0.15) is 30.8 Å². The number of anilines is 3. The Bertz CT molecular complexity index is 1990. The van der Waals surface area contributed by atoms with Crippen molar-refractivity contribution in [1.29, 1.82) is 5.26 Å². The van der Waals surface area contributed by atoms with Crippen LogP contribution in [0.15, 0.2) is 73.1 Å². The number of nitrogens with one attached hydrogen (secondary N) is 2. The van der Waals surface area contributed by atoms with Crippen LogP contribution < -0.4 is 15.4 Å². The molecule has 1 fully saturated rings. The van der Waals surface area contributed by atoms with Gasteiger partial charge in [0.2, 0.25) is 5.91 Å². The number of aliphatic hydroxyl groups is 1. The van der Waals surface area contributed by atoms with Crippen molar-refractivity contribution >= 4 is 44.8 Å². The average molecular weight is 660 g/mol. The minimum absolute atomic E-state index is 0.166. The number of piperazine rings is 1. The highest BCUT2D eigenvalue weighted by Gasteiger charge is 2.19. The van der Waals surface area contributed by atoms with E-state index in [9.17, 15) is 15.2 Å². The standard InChI is InChI=1S/C37H41N9O3/c1-3-31-30(23-38)37(40-27-10-11-32-26(20-27)24-46(43-32)25-28-8-5-6-12-39-28)29-21-34(35(49-4-2)22-33(29)41-31)42-36(48)9-7-13-44-14-16-45(17-15-44)18-19-47/h5-12,20-22,24,47H,3-4,13-19,25H2,1-2H3,(H,40,41)(H,42,48)/b9-7+. The van der Waals surface area contributed by atoms with Crippen molar-refractivity contribution in [2.24, 2.45) is 0 Å². The van der Waals surface area contributed by atoms with E-state index >= 15 is 0 Å². The Hall–Kier alpha value is -5.35. The predicted octanol–water partition coefficient (Wildman–Crippen LogP) is 4.71. The number of benzene rings is 2. The third kappa shape index (κ3) is 8.04. The van der Waals surface area contributed by atoms with Gasteiger partial charge in [-0.15, -0.1) is 0 Å². The van der Waals surface area contributed by atoms with Gasteiger partial charge in [-0.25, -0.2) is 0 Å². The van der Waals surface area contributed by atoms with E-state index in [2.05, 4.69) is 31.5 Å². The summed E-state index contributed by atoms with van der Waals surface area (Å²) in [6.07, 6.45) is 7.73. The number of nitriles is 1. The summed E-state index contributed by atoms with van der Waals surface area (Å²) >= 11 is 0. The van der Waals surface area contributed by atoms with E-state index in [1.54, 1.807) is 12.3 Å². The number of aromatic nitrogens is 4. The van der Waals surface area contributed by atoms with E-state index in [1.807, 2.05) is 79.3 Å². The number of aryl methyl sites for hydroxylation is 1. The molecule has 0 radical (unpaired) electrons. The summed E-state index contributed by atoms with van der Waals surface area (Å²) in [6, 6.07) is 17.7. The molecular formula is C37H41N9O3. The van der Waals surface area contributed by atoms with Crippen LogP contribution in [0.25, 0.3) is 21.8 Å². The molecule has 1 aliphatic heterocycles. The molecular weight excluding hydrogens is 618 g/mol. The Balaban J connectivity index is 1.27. The fourth-order valence-electron chi connectivity index (χ4n) is 6.08. The minimum Gasteiger partial charge on any atom is -0.492 e. The molecule has 12 heteroatoms. The summed E-state index contributed by atoms with van der Waals surface area (Å²) in [5.74, 6) is 0.226. The molecule has 0 atom stereocenters. The normalized spacial score (nSPS) is 14.0. The van der Waals surface area contributed by atoms with E-state index in [-0.39, 0.29) is 12.5 Å². The topological polar surface area (TPSA) is 144 Å². The Labute approximate surface area is 285 Å². The molecule has 1 amide bonds. The zero-order valence-corrected chi connectivity index (χ0v) is 27.9. The maximum atomic E-state index is 13.1. The highest BCUT2D eigenvalue weighted by molar-refractivity contribution is 6.05. The molecule has 1 saturated heterocycles. The Kier molecular flexibility index (Phi) is 10.7. The lowest BCUT2D eigenvalue weighted by Crippen LogP contribution is -2.47. The van der Waals surface area contributed by atoms with Gasteiger partial charge in [-0.05, 0) is 49.7 Å². The molecule has 2 aromatic carbocycles. The predicted molar refractivity (Wildman–Crippen MR) is 191 cm³/mol. The lowest BCUT2D eigenvalue weighted by molar-refractivity contribution is -0.111. The number of rotatable bonds is 13. The monoisotopic (exact) mass is 659 g/mol. The molecule has 0 bridgehead atoms. The summed E-state index contributed by atoms with van der Waals surface area (Å²) < 4.78 is 7.82. The zero-order valence-electron chi connectivity index (χ0n) is 27.9. The highest BCUT2D eigenvalue weighted by atomic mass is 16.5. The summed E-state index contributed by atoms with van der Waals surface area (Å²) in [4.78, 5) is 26.9. The number of fused-ring (bicyclic) bond motifs is 2. The van der Waals surface area contributed by atoms with Crippen molar-refractivity contribution < 1.29 is 14.6 Å². The SMILES string of the molecule is CCOc1cc2nc(CC)c(C#N)c(Nc3ccc4nn(Cc5ccccn5)cc4c3)c2cc1NC(=O)/C=C/CN1CCN(CCO)CC1. The molecule has 0 saturated carbocycles.